The summed E-state index contributed by atoms with van der Waals surface area (Å²) in [6.07, 6.45) is 5.12. The number of piperazine rings is 1. The van der Waals surface area contributed by atoms with Crippen molar-refractivity contribution >= 4 is 29.0 Å². The smallest absolute Gasteiger partial charge is 0.263 e. The van der Waals surface area contributed by atoms with Crippen LogP contribution < -0.4 is 14.5 Å². The zero-order chi connectivity index (χ0) is 23.3. The minimum atomic E-state index is -0.0628. The number of carbonyl (C=O) groups excluding carboxylic acids is 1. The predicted molar refractivity (Wildman–Crippen MR) is 134 cm³/mol. The van der Waals surface area contributed by atoms with Crippen LogP contribution in [0.4, 0.5) is 11.5 Å². The maximum atomic E-state index is 13.4. The molecule has 0 spiro atoms. The highest BCUT2D eigenvalue weighted by atomic mass is 35.5. The third-order valence-electron chi connectivity index (χ3n) is 6.46. The van der Waals surface area contributed by atoms with Crippen LogP contribution >= 0.6 is 11.6 Å². The van der Waals surface area contributed by atoms with Gasteiger partial charge in [-0.15, -0.1) is 0 Å². The van der Waals surface area contributed by atoms with Gasteiger partial charge in [-0.2, -0.15) is 0 Å². The molecule has 34 heavy (non-hydrogen) atoms. The van der Waals surface area contributed by atoms with Crippen LogP contribution in [0.5, 0.6) is 11.6 Å². The highest BCUT2D eigenvalue weighted by Gasteiger charge is 2.33. The number of halogens is 1. The number of ether oxygens (including phenoxy) is 1. The Morgan fingerprint density at radius 3 is 2.41 bits per heavy atom. The maximum absolute atomic E-state index is 13.4. The van der Waals surface area contributed by atoms with Gasteiger partial charge < -0.3 is 19.4 Å². The second-order valence-corrected chi connectivity index (χ2v) is 9.06. The van der Waals surface area contributed by atoms with Gasteiger partial charge in [0.25, 0.3) is 5.88 Å². The number of piperidine rings is 1. The molecule has 1 aromatic heterocycles. The Hall–Kier alpha value is -3.32. The van der Waals surface area contributed by atoms with Crippen molar-refractivity contribution in [3.05, 3.63) is 72.0 Å². The molecule has 2 saturated heterocycles. The number of hydrogen-bond donors (Lipinski definition) is 0. The van der Waals surface area contributed by atoms with Gasteiger partial charge in [-0.3, -0.25) is 4.79 Å². The Kier molecular flexibility index (Phi) is 6.81. The first kappa shape index (κ1) is 22.5. The highest BCUT2D eigenvalue weighted by Crippen LogP contribution is 2.32. The summed E-state index contributed by atoms with van der Waals surface area (Å²) < 4.78 is 6.01. The van der Waals surface area contributed by atoms with Crippen LogP contribution in [0.3, 0.4) is 0 Å². The molecule has 0 N–H and O–H groups in total. The molecule has 2 aliphatic rings. The van der Waals surface area contributed by atoms with Crippen molar-refractivity contribution < 1.29 is 9.53 Å². The Balaban J connectivity index is 1.23. The summed E-state index contributed by atoms with van der Waals surface area (Å²) >= 11 is 6.37. The van der Waals surface area contributed by atoms with Gasteiger partial charge in [0, 0.05) is 51.7 Å². The van der Waals surface area contributed by atoms with Gasteiger partial charge in [0.05, 0.1) is 16.6 Å². The lowest BCUT2D eigenvalue weighted by Gasteiger charge is -2.40. The van der Waals surface area contributed by atoms with Crippen molar-refractivity contribution in [1.29, 1.82) is 0 Å². The third-order valence-corrected chi connectivity index (χ3v) is 6.78. The monoisotopic (exact) mass is 477 g/mol. The standard InChI is InChI=1S/C26H28ClN5O2/c27-22-10-4-5-11-23(22)30-15-17-31(18-16-30)26(33)20-7-6-14-32(19-20)24-25(29-13-12-28-24)34-21-8-2-1-3-9-21/h1-5,8-13,20H,6-7,14-19H2/t20-/m1/s1. The molecule has 8 heteroatoms. The summed E-state index contributed by atoms with van der Waals surface area (Å²) in [6, 6.07) is 17.5. The number of carbonyl (C=O) groups is 1. The molecule has 176 valence electrons. The van der Waals surface area contributed by atoms with Crippen LogP contribution in [-0.2, 0) is 4.79 Å². The fourth-order valence-electron chi connectivity index (χ4n) is 4.71. The molecule has 5 rings (SSSR count). The van der Waals surface area contributed by atoms with Gasteiger partial charge in [0.2, 0.25) is 5.91 Å². The normalized spacial score (nSPS) is 18.6. The lowest BCUT2D eigenvalue weighted by atomic mass is 9.96. The summed E-state index contributed by atoms with van der Waals surface area (Å²) in [5.74, 6) is 2.03. The van der Waals surface area contributed by atoms with E-state index in [4.69, 9.17) is 16.3 Å². The highest BCUT2D eigenvalue weighted by molar-refractivity contribution is 6.33. The zero-order valence-corrected chi connectivity index (χ0v) is 19.8. The van der Waals surface area contributed by atoms with E-state index in [9.17, 15) is 4.79 Å². The van der Waals surface area contributed by atoms with Crippen LogP contribution in [0.15, 0.2) is 67.0 Å². The molecule has 3 heterocycles. The number of para-hydroxylation sites is 2. The minimum absolute atomic E-state index is 0.0628. The van der Waals surface area contributed by atoms with E-state index in [0.29, 0.717) is 37.1 Å². The van der Waals surface area contributed by atoms with Crippen molar-refractivity contribution in [2.45, 2.75) is 12.8 Å². The van der Waals surface area contributed by atoms with Crippen molar-refractivity contribution in [3.8, 4) is 11.6 Å². The molecule has 3 aromatic rings. The topological polar surface area (TPSA) is 61.8 Å². The zero-order valence-electron chi connectivity index (χ0n) is 19.0. The Labute approximate surface area is 204 Å². The Morgan fingerprint density at radius 1 is 0.882 bits per heavy atom. The largest absolute Gasteiger partial charge is 0.436 e. The molecule has 0 aliphatic carbocycles. The molecule has 1 atom stereocenters. The molecule has 2 fully saturated rings. The van der Waals surface area contributed by atoms with Gasteiger partial charge in [-0.05, 0) is 37.1 Å². The lowest BCUT2D eigenvalue weighted by molar-refractivity contribution is -0.136. The molecule has 0 unspecified atom stereocenters. The van der Waals surface area contributed by atoms with Gasteiger partial charge in [-0.25, -0.2) is 9.97 Å². The molecule has 0 bridgehead atoms. The molecule has 1 amide bonds. The summed E-state index contributed by atoms with van der Waals surface area (Å²) in [5.41, 5.74) is 1.04. The van der Waals surface area contributed by atoms with Crippen LogP contribution in [0.1, 0.15) is 12.8 Å². The van der Waals surface area contributed by atoms with Gasteiger partial charge >= 0.3 is 0 Å². The fraction of sp³-hybridized carbons (Fsp3) is 0.346. The quantitative estimate of drug-likeness (QED) is 0.539. The summed E-state index contributed by atoms with van der Waals surface area (Å²) in [7, 11) is 0. The van der Waals surface area contributed by atoms with Crippen molar-refractivity contribution in [2.75, 3.05) is 49.1 Å². The number of aromatic nitrogens is 2. The average molecular weight is 478 g/mol. The van der Waals surface area contributed by atoms with E-state index in [1.165, 1.54) is 0 Å². The van der Waals surface area contributed by atoms with E-state index >= 15 is 0 Å². The van der Waals surface area contributed by atoms with Crippen molar-refractivity contribution in [2.24, 2.45) is 5.92 Å². The first-order chi connectivity index (χ1) is 16.7. The third kappa shape index (κ3) is 4.94. The maximum Gasteiger partial charge on any atom is 0.263 e. The second kappa shape index (κ2) is 10.3. The minimum Gasteiger partial charge on any atom is -0.436 e. The lowest BCUT2D eigenvalue weighted by Crippen LogP contribution is -2.52. The number of hydrogen-bond acceptors (Lipinski definition) is 6. The number of amides is 1. The SMILES string of the molecule is O=C([C@@H]1CCCN(c2nccnc2Oc2ccccc2)C1)N1CCN(c2ccccc2Cl)CC1. The van der Waals surface area contributed by atoms with Crippen LogP contribution in [0, 0.1) is 5.92 Å². The van der Waals surface area contributed by atoms with Crippen LogP contribution in [-0.4, -0.2) is 60.0 Å². The Bertz CT molecular complexity index is 1120. The Morgan fingerprint density at radius 2 is 1.62 bits per heavy atom. The first-order valence-corrected chi connectivity index (χ1v) is 12.1. The van der Waals surface area contributed by atoms with E-state index in [2.05, 4.69) is 19.8 Å². The number of anilines is 2. The number of rotatable bonds is 5. The van der Waals surface area contributed by atoms with Crippen molar-refractivity contribution in [1.82, 2.24) is 14.9 Å². The molecule has 2 aromatic carbocycles. The van der Waals surface area contributed by atoms with E-state index in [1.54, 1.807) is 12.4 Å². The summed E-state index contributed by atoms with van der Waals surface area (Å²) in [5, 5.41) is 0.752. The van der Waals surface area contributed by atoms with Gasteiger partial charge in [0.1, 0.15) is 5.75 Å². The van der Waals surface area contributed by atoms with Crippen LogP contribution in [0.2, 0.25) is 5.02 Å². The summed E-state index contributed by atoms with van der Waals surface area (Å²) in [4.78, 5) is 28.8. The van der Waals surface area contributed by atoms with E-state index in [0.717, 1.165) is 43.2 Å². The van der Waals surface area contributed by atoms with E-state index in [1.807, 2.05) is 59.5 Å². The first-order valence-electron chi connectivity index (χ1n) is 11.8. The molecular weight excluding hydrogens is 450 g/mol. The summed E-state index contributed by atoms with van der Waals surface area (Å²) in [6.45, 7) is 4.42. The van der Waals surface area contributed by atoms with Crippen molar-refractivity contribution in [3.63, 3.8) is 0 Å². The molecule has 7 nitrogen and oxygen atoms in total. The fourth-order valence-corrected chi connectivity index (χ4v) is 4.97. The average Bonchev–Trinajstić information content (AvgIpc) is 2.90. The predicted octanol–water partition coefficient (Wildman–Crippen LogP) is 4.49. The number of benzene rings is 2. The van der Waals surface area contributed by atoms with Gasteiger partial charge in [-0.1, -0.05) is 41.9 Å². The van der Waals surface area contributed by atoms with Gasteiger partial charge in [0.15, 0.2) is 5.82 Å². The van der Waals surface area contributed by atoms with E-state index in [-0.39, 0.29) is 11.8 Å². The molecule has 2 aliphatic heterocycles. The molecule has 0 saturated carbocycles. The van der Waals surface area contributed by atoms with E-state index < -0.39 is 0 Å². The molecular formula is C26H28ClN5O2. The second-order valence-electron chi connectivity index (χ2n) is 8.65. The number of nitrogens with zero attached hydrogens (tertiary/aromatic N) is 5. The van der Waals surface area contributed by atoms with Crippen LogP contribution in [0.25, 0.3) is 0 Å². The molecule has 0 radical (unpaired) electrons.